The first-order valence-electron chi connectivity index (χ1n) is 5.59. The monoisotopic (exact) mass is 298 g/mol. The lowest BCUT2D eigenvalue weighted by molar-refractivity contribution is 0.179. The summed E-state index contributed by atoms with van der Waals surface area (Å²) in [5, 5.41) is 3.22. The van der Waals surface area contributed by atoms with Crippen molar-refractivity contribution in [1.82, 2.24) is 10.2 Å². The van der Waals surface area contributed by atoms with E-state index in [0.29, 0.717) is 0 Å². The van der Waals surface area contributed by atoms with Crippen molar-refractivity contribution in [2.24, 2.45) is 0 Å². The highest BCUT2D eigenvalue weighted by Gasteiger charge is 2.23. The Morgan fingerprint density at radius 1 is 1.11 bits per heavy atom. The van der Waals surface area contributed by atoms with Crippen molar-refractivity contribution >= 4 is 24.8 Å². The highest BCUT2D eigenvalue weighted by atomic mass is 35.5. The van der Waals surface area contributed by atoms with Gasteiger partial charge in [0.15, 0.2) is 0 Å². The van der Waals surface area contributed by atoms with Crippen LogP contribution in [0.2, 0.25) is 0 Å². The van der Waals surface area contributed by atoms with E-state index >= 15 is 0 Å². The van der Waals surface area contributed by atoms with Crippen molar-refractivity contribution in [3.8, 4) is 0 Å². The summed E-state index contributed by atoms with van der Waals surface area (Å²) in [5.41, 5.74) is 0.185. The van der Waals surface area contributed by atoms with Crippen LogP contribution in [0.15, 0.2) is 18.2 Å². The average Bonchev–Trinajstić information content (AvgIpc) is 2.30. The third-order valence-electron chi connectivity index (χ3n) is 3.12. The van der Waals surface area contributed by atoms with E-state index in [1.165, 1.54) is 18.2 Å². The summed E-state index contributed by atoms with van der Waals surface area (Å²) in [4.78, 5) is 2.10. The van der Waals surface area contributed by atoms with Crippen LogP contribution < -0.4 is 5.32 Å². The predicted octanol–water partition coefficient (Wildman–Crippen LogP) is 2.77. The van der Waals surface area contributed by atoms with E-state index < -0.39 is 11.6 Å². The second-order valence-electron chi connectivity index (χ2n) is 4.10. The van der Waals surface area contributed by atoms with Gasteiger partial charge in [0, 0.05) is 37.8 Å². The van der Waals surface area contributed by atoms with Gasteiger partial charge < -0.3 is 5.32 Å². The maximum absolute atomic E-state index is 13.6. The van der Waals surface area contributed by atoms with Crippen LogP contribution in [0.4, 0.5) is 8.78 Å². The lowest BCUT2D eigenvalue weighted by atomic mass is 10.0. The maximum Gasteiger partial charge on any atom is 0.130 e. The third-order valence-corrected chi connectivity index (χ3v) is 3.12. The second-order valence-corrected chi connectivity index (χ2v) is 4.10. The summed E-state index contributed by atoms with van der Waals surface area (Å²) in [5.74, 6) is -0.905. The van der Waals surface area contributed by atoms with Gasteiger partial charge in [0.05, 0.1) is 0 Å². The second kappa shape index (κ2) is 7.89. The van der Waals surface area contributed by atoms with Gasteiger partial charge in [-0.25, -0.2) is 8.78 Å². The first-order valence-corrected chi connectivity index (χ1v) is 5.59. The fourth-order valence-corrected chi connectivity index (χ4v) is 2.16. The number of nitrogens with one attached hydrogen (secondary N) is 1. The zero-order valence-electron chi connectivity index (χ0n) is 10.2. The largest absolute Gasteiger partial charge is 0.314 e. The van der Waals surface area contributed by atoms with Gasteiger partial charge >= 0.3 is 0 Å². The van der Waals surface area contributed by atoms with Gasteiger partial charge in [-0.05, 0) is 19.1 Å². The molecule has 6 heteroatoms. The minimum atomic E-state index is -0.453. The summed E-state index contributed by atoms with van der Waals surface area (Å²) in [6.45, 7) is 5.26. The van der Waals surface area contributed by atoms with Crippen LogP contribution in [-0.4, -0.2) is 31.1 Å². The van der Waals surface area contributed by atoms with Gasteiger partial charge in [-0.1, -0.05) is 6.07 Å². The van der Waals surface area contributed by atoms with Crippen LogP contribution >= 0.6 is 24.8 Å². The molecule has 1 aromatic carbocycles. The average molecular weight is 299 g/mol. The van der Waals surface area contributed by atoms with Gasteiger partial charge in [-0.15, -0.1) is 24.8 Å². The molecule has 0 radical (unpaired) electrons. The van der Waals surface area contributed by atoms with E-state index in [2.05, 4.69) is 10.2 Å². The zero-order chi connectivity index (χ0) is 11.5. The minimum Gasteiger partial charge on any atom is -0.314 e. The predicted molar refractivity (Wildman–Crippen MR) is 73.7 cm³/mol. The van der Waals surface area contributed by atoms with E-state index in [4.69, 9.17) is 0 Å². The molecule has 2 rings (SSSR count). The van der Waals surface area contributed by atoms with Crippen molar-refractivity contribution < 1.29 is 8.78 Å². The maximum atomic E-state index is 13.6. The highest BCUT2D eigenvalue weighted by molar-refractivity contribution is 5.85. The molecule has 18 heavy (non-hydrogen) atoms. The van der Waals surface area contributed by atoms with E-state index in [-0.39, 0.29) is 36.4 Å². The molecule has 0 unspecified atom stereocenters. The molecule has 0 aliphatic carbocycles. The van der Waals surface area contributed by atoms with Crippen molar-refractivity contribution in [3.63, 3.8) is 0 Å². The Kier molecular flexibility index (Phi) is 7.71. The number of nitrogens with zero attached hydrogens (tertiary/aromatic N) is 1. The Bertz CT molecular complexity index is 351. The topological polar surface area (TPSA) is 15.3 Å². The Morgan fingerprint density at radius 2 is 1.61 bits per heavy atom. The van der Waals surface area contributed by atoms with Gasteiger partial charge in [0.25, 0.3) is 0 Å². The number of piperazine rings is 1. The number of hydrogen-bond acceptors (Lipinski definition) is 2. The molecule has 1 heterocycles. The van der Waals surface area contributed by atoms with Crippen LogP contribution in [0.5, 0.6) is 0 Å². The van der Waals surface area contributed by atoms with Crippen LogP contribution in [0.25, 0.3) is 0 Å². The molecule has 1 aromatic rings. The molecule has 1 atom stereocenters. The molecular weight excluding hydrogens is 281 g/mol. The molecule has 104 valence electrons. The molecule has 1 aliphatic heterocycles. The lowest BCUT2D eigenvalue weighted by Crippen LogP contribution is -2.44. The van der Waals surface area contributed by atoms with Crippen LogP contribution in [0.1, 0.15) is 18.5 Å². The zero-order valence-corrected chi connectivity index (χ0v) is 11.8. The molecule has 1 saturated heterocycles. The quantitative estimate of drug-likeness (QED) is 0.903. The summed E-state index contributed by atoms with van der Waals surface area (Å²) in [6, 6.07) is 3.83. The van der Waals surface area contributed by atoms with Crippen molar-refractivity contribution in [3.05, 3.63) is 35.4 Å². The Morgan fingerprint density at radius 3 is 2.11 bits per heavy atom. The van der Waals surface area contributed by atoms with E-state index in [9.17, 15) is 8.78 Å². The summed E-state index contributed by atoms with van der Waals surface area (Å²) in [7, 11) is 0. The van der Waals surface area contributed by atoms with E-state index in [1.54, 1.807) is 0 Å². The van der Waals surface area contributed by atoms with Crippen LogP contribution in [0, 0.1) is 11.6 Å². The van der Waals surface area contributed by atoms with Crippen LogP contribution in [0.3, 0.4) is 0 Å². The number of rotatable bonds is 2. The molecule has 0 saturated carbocycles. The fraction of sp³-hybridized carbons (Fsp3) is 0.500. The normalized spacial score (nSPS) is 17.5. The van der Waals surface area contributed by atoms with Gasteiger partial charge in [0.1, 0.15) is 11.6 Å². The van der Waals surface area contributed by atoms with Crippen molar-refractivity contribution in [2.45, 2.75) is 13.0 Å². The molecule has 0 aromatic heterocycles. The summed E-state index contributed by atoms with van der Waals surface area (Å²) in [6.07, 6.45) is 0. The molecular formula is C12H18Cl2F2N2. The number of hydrogen-bond donors (Lipinski definition) is 1. The van der Waals surface area contributed by atoms with Gasteiger partial charge in [0.2, 0.25) is 0 Å². The Hall–Kier alpha value is -0.420. The van der Waals surface area contributed by atoms with Crippen molar-refractivity contribution in [2.75, 3.05) is 26.2 Å². The first-order chi connectivity index (χ1) is 7.70. The van der Waals surface area contributed by atoms with Gasteiger partial charge in [-0.3, -0.25) is 4.90 Å². The highest BCUT2D eigenvalue weighted by Crippen LogP contribution is 2.25. The SMILES string of the molecule is C[C@H](c1c(F)cccc1F)N1CCNCC1.Cl.Cl. The Labute approximate surface area is 119 Å². The van der Waals surface area contributed by atoms with E-state index in [1.807, 2.05) is 6.92 Å². The first kappa shape index (κ1) is 17.6. The minimum absolute atomic E-state index is 0. The third kappa shape index (κ3) is 3.79. The Balaban J connectivity index is 0.00000144. The fourth-order valence-electron chi connectivity index (χ4n) is 2.16. The summed E-state index contributed by atoms with van der Waals surface area (Å²) < 4.78 is 27.1. The molecule has 2 nitrogen and oxygen atoms in total. The molecule has 1 N–H and O–H groups in total. The number of benzene rings is 1. The van der Waals surface area contributed by atoms with Crippen LogP contribution in [-0.2, 0) is 0 Å². The van der Waals surface area contributed by atoms with E-state index in [0.717, 1.165) is 26.2 Å². The molecule has 1 aliphatic rings. The standard InChI is InChI=1S/C12H16F2N2.2ClH/c1-9(16-7-5-15-6-8-16)12-10(13)3-2-4-11(12)14;;/h2-4,9,15H,5-8H2,1H3;2*1H/t9-;;/m1../s1. The summed E-state index contributed by atoms with van der Waals surface area (Å²) >= 11 is 0. The number of halogens is 4. The molecule has 1 fully saturated rings. The molecule has 0 amide bonds. The van der Waals surface area contributed by atoms with Gasteiger partial charge in [-0.2, -0.15) is 0 Å². The lowest BCUT2D eigenvalue weighted by Gasteiger charge is -2.33. The van der Waals surface area contributed by atoms with Crippen molar-refractivity contribution in [1.29, 1.82) is 0 Å². The molecule has 0 spiro atoms. The molecule has 0 bridgehead atoms. The smallest absolute Gasteiger partial charge is 0.130 e.